The van der Waals surface area contributed by atoms with Gasteiger partial charge in [-0.3, -0.25) is 4.57 Å². The van der Waals surface area contributed by atoms with Gasteiger partial charge in [-0.15, -0.1) is 0 Å². The quantitative estimate of drug-likeness (QED) is 0.493. The van der Waals surface area contributed by atoms with Crippen LogP contribution in [0.5, 0.6) is 0 Å². The zero-order valence-corrected chi connectivity index (χ0v) is 10.4. The van der Waals surface area contributed by atoms with Gasteiger partial charge < -0.3 is 25.8 Å². The van der Waals surface area contributed by atoms with Gasteiger partial charge in [-0.25, -0.2) is 4.79 Å². The van der Waals surface area contributed by atoms with Gasteiger partial charge >= 0.3 is 5.69 Å². The molecule has 2 rings (SSSR count). The molecule has 8 heteroatoms. The van der Waals surface area contributed by atoms with Crippen molar-refractivity contribution in [2.45, 2.75) is 31.5 Å². The second-order valence-electron chi connectivity index (χ2n) is 4.63. The molecular weight excluding hydrogens is 254 g/mol. The molecule has 1 aromatic heterocycles. The van der Waals surface area contributed by atoms with E-state index in [1.807, 2.05) is 0 Å². The van der Waals surface area contributed by atoms with Crippen molar-refractivity contribution in [1.82, 2.24) is 9.55 Å². The fraction of sp³-hybridized carbons (Fsp3) is 0.636. The Balaban J connectivity index is 2.35. The summed E-state index contributed by atoms with van der Waals surface area (Å²) in [5.41, 5.74) is 4.79. The van der Waals surface area contributed by atoms with E-state index in [0.29, 0.717) is 0 Å². The van der Waals surface area contributed by atoms with Crippen LogP contribution in [0, 0.1) is 5.92 Å². The van der Waals surface area contributed by atoms with Crippen LogP contribution in [0.2, 0.25) is 0 Å². The SMILES string of the molecule is CC1C(O)C(O)[C@@H](CO)O[C@H]1n1ccc(N)nc1=O. The molecule has 3 unspecified atom stereocenters. The molecule has 0 spiro atoms. The van der Waals surface area contributed by atoms with Gasteiger partial charge in [0.05, 0.1) is 12.7 Å². The molecule has 1 saturated heterocycles. The first-order valence-corrected chi connectivity index (χ1v) is 5.92. The van der Waals surface area contributed by atoms with Crippen LogP contribution in [0.25, 0.3) is 0 Å². The number of hydrogen-bond acceptors (Lipinski definition) is 7. The Morgan fingerprint density at radius 3 is 2.74 bits per heavy atom. The first-order valence-electron chi connectivity index (χ1n) is 5.92. The van der Waals surface area contributed by atoms with Crippen molar-refractivity contribution in [1.29, 1.82) is 0 Å². The van der Waals surface area contributed by atoms with E-state index >= 15 is 0 Å². The van der Waals surface area contributed by atoms with Crippen LogP contribution >= 0.6 is 0 Å². The van der Waals surface area contributed by atoms with Gasteiger partial charge in [0.15, 0.2) is 0 Å². The minimum Gasteiger partial charge on any atom is -0.394 e. The summed E-state index contributed by atoms with van der Waals surface area (Å²) in [6.45, 7) is 1.17. The number of aliphatic hydroxyl groups is 3. The highest BCUT2D eigenvalue weighted by molar-refractivity contribution is 5.23. The Bertz CT molecular complexity index is 503. The normalized spacial score (nSPS) is 35.3. The number of nitrogens with two attached hydrogens (primary N) is 1. The molecule has 0 saturated carbocycles. The third-order valence-corrected chi connectivity index (χ3v) is 3.34. The van der Waals surface area contributed by atoms with Crippen LogP contribution < -0.4 is 11.4 Å². The van der Waals surface area contributed by atoms with E-state index in [4.69, 9.17) is 15.6 Å². The van der Waals surface area contributed by atoms with Gasteiger partial charge in [0.25, 0.3) is 0 Å². The van der Waals surface area contributed by atoms with Crippen molar-refractivity contribution in [3.63, 3.8) is 0 Å². The van der Waals surface area contributed by atoms with Crippen molar-refractivity contribution in [3.8, 4) is 0 Å². The molecule has 1 aliphatic rings. The lowest BCUT2D eigenvalue weighted by Gasteiger charge is -2.41. The molecule has 5 atom stereocenters. The minimum atomic E-state index is -1.20. The maximum atomic E-state index is 11.8. The molecule has 106 valence electrons. The summed E-state index contributed by atoms with van der Waals surface area (Å²) in [5, 5.41) is 28.8. The minimum absolute atomic E-state index is 0.0870. The second-order valence-corrected chi connectivity index (χ2v) is 4.63. The van der Waals surface area contributed by atoms with Gasteiger partial charge in [-0.05, 0) is 6.07 Å². The van der Waals surface area contributed by atoms with Gasteiger partial charge in [-0.2, -0.15) is 4.98 Å². The fourth-order valence-corrected chi connectivity index (χ4v) is 2.17. The number of anilines is 1. The zero-order chi connectivity index (χ0) is 14.2. The van der Waals surface area contributed by atoms with Crippen molar-refractivity contribution < 1.29 is 20.1 Å². The van der Waals surface area contributed by atoms with E-state index in [1.54, 1.807) is 6.92 Å². The number of aliphatic hydroxyl groups excluding tert-OH is 3. The maximum Gasteiger partial charge on any atom is 0.351 e. The van der Waals surface area contributed by atoms with E-state index in [9.17, 15) is 15.0 Å². The molecule has 2 heterocycles. The fourth-order valence-electron chi connectivity index (χ4n) is 2.17. The van der Waals surface area contributed by atoms with Gasteiger partial charge in [0.2, 0.25) is 0 Å². The van der Waals surface area contributed by atoms with E-state index in [-0.39, 0.29) is 5.82 Å². The lowest BCUT2D eigenvalue weighted by molar-refractivity contribution is -0.229. The molecule has 0 amide bonds. The van der Waals surface area contributed by atoms with Crippen LogP contribution in [0.4, 0.5) is 5.82 Å². The number of nitrogens with zero attached hydrogens (tertiary/aromatic N) is 2. The Labute approximate surface area is 109 Å². The zero-order valence-electron chi connectivity index (χ0n) is 10.4. The van der Waals surface area contributed by atoms with Crippen LogP contribution in [0.15, 0.2) is 17.1 Å². The van der Waals surface area contributed by atoms with Crippen molar-refractivity contribution in [2.75, 3.05) is 12.3 Å². The van der Waals surface area contributed by atoms with Crippen molar-refractivity contribution in [2.24, 2.45) is 5.92 Å². The van der Waals surface area contributed by atoms with E-state index < -0.39 is 42.8 Å². The van der Waals surface area contributed by atoms with E-state index in [0.717, 1.165) is 0 Å². The average Bonchev–Trinajstić information content (AvgIpc) is 2.38. The largest absolute Gasteiger partial charge is 0.394 e. The van der Waals surface area contributed by atoms with Gasteiger partial charge in [0.1, 0.15) is 24.3 Å². The maximum absolute atomic E-state index is 11.8. The van der Waals surface area contributed by atoms with Crippen LogP contribution in [-0.2, 0) is 4.74 Å². The molecular formula is C11H17N3O5. The smallest absolute Gasteiger partial charge is 0.351 e. The predicted octanol–water partition coefficient (Wildman–Crippen LogP) is -1.93. The molecule has 5 N–H and O–H groups in total. The molecule has 1 aromatic rings. The standard InChI is InChI=1S/C11H17N3O5/c1-5-8(16)9(17)6(4-15)19-10(5)14-3-2-7(12)13-11(14)18/h2-3,5-6,8-10,15-17H,4H2,1H3,(H2,12,13,18)/t5?,6-,8?,9?,10-/m1/s1. The van der Waals surface area contributed by atoms with Crippen LogP contribution in [0.3, 0.4) is 0 Å². The molecule has 1 fully saturated rings. The van der Waals surface area contributed by atoms with Crippen molar-refractivity contribution >= 4 is 5.82 Å². The first kappa shape index (κ1) is 13.9. The Morgan fingerprint density at radius 2 is 2.16 bits per heavy atom. The second kappa shape index (κ2) is 5.25. The number of aromatic nitrogens is 2. The number of nitrogen functional groups attached to an aromatic ring is 1. The molecule has 0 aliphatic carbocycles. The molecule has 0 aromatic carbocycles. The summed E-state index contributed by atoms with van der Waals surface area (Å²) >= 11 is 0. The number of hydrogen-bond donors (Lipinski definition) is 4. The van der Waals surface area contributed by atoms with E-state index in [2.05, 4.69) is 4.98 Å². The van der Waals surface area contributed by atoms with E-state index in [1.165, 1.54) is 16.8 Å². The monoisotopic (exact) mass is 271 g/mol. The van der Waals surface area contributed by atoms with Gasteiger partial charge in [-0.1, -0.05) is 6.92 Å². The van der Waals surface area contributed by atoms with Crippen LogP contribution in [-0.4, -0.2) is 49.8 Å². The lowest BCUT2D eigenvalue weighted by Crippen LogP contribution is -2.54. The molecule has 0 radical (unpaired) electrons. The molecule has 0 bridgehead atoms. The third kappa shape index (κ3) is 2.47. The summed E-state index contributed by atoms with van der Waals surface area (Å²) < 4.78 is 6.64. The lowest BCUT2D eigenvalue weighted by atomic mass is 9.91. The number of rotatable bonds is 2. The van der Waals surface area contributed by atoms with Crippen LogP contribution in [0.1, 0.15) is 13.2 Å². The average molecular weight is 271 g/mol. The molecule has 1 aliphatic heterocycles. The highest BCUT2D eigenvalue weighted by Crippen LogP contribution is 2.31. The van der Waals surface area contributed by atoms with Crippen molar-refractivity contribution in [3.05, 3.63) is 22.7 Å². The summed E-state index contributed by atoms with van der Waals surface area (Å²) in [6, 6.07) is 1.43. The Morgan fingerprint density at radius 1 is 1.47 bits per heavy atom. The molecule has 8 nitrogen and oxygen atoms in total. The highest BCUT2D eigenvalue weighted by Gasteiger charge is 2.42. The Hall–Kier alpha value is -1.48. The summed E-state index contributed by atoms with van der Waals surface area (Å²) in [4.78, 5) is 15.3. The predicted molar refractivity (Wildman–Crippen MR) is 65.1 cm³/mol. The summed E-state index contributed by atoms with van der Waals surface area (Å²) in [6.07, 6.45) is -2.68. The summed E-state index contributed by atoms with van der Waals surface area (Å²) in [7, 11) is 0. The first-order chi connectivity index (χ1) is 8.95. The number of ether oxygens (including phenoxy) is 1. The third-order valence-electron chi connectivity index (χ3n) is 3.34. The highest BCUT2D eigenvalue weighted by atomic mass is 16.5. The van der Waals surface area contributed by atoms with Gasteiger partial charge in [0, 0.05) is 12.1 Å². The topological polar surface area (TPSA) is 131 Å². The Kier molecular flexibility index (Phi) is 3.85. The summed E-state index contributed by atoms with van der Waals surface area (Å²) in [5.74, 6) is -0.454. The molecule has 19 heavy (non-hydrogen) atoms.